The van der Waals surface area contributed by atoms with Crippen molar-refractivity contribution < 1.29 is 0 Å². The van der Waals surface area contributed by atoms with E-state index in [9.17, 15) is 0 Å². The molecule has 0 saturated carbocycles. The molecule has 1 nitrogen and oxygen atoms in total. The minimum absolute atomic E-state index is 1.06. The second-order valence-corrected chi connectivity index (χ2v) is 3.31. The Kier molecular flexibility index (Phi) is 3.92. The molecule has 1 rings (SSSR count). The van der Waals surface area contributed by atoms with Crippen molar-refractivity contribution >= 4 is 0 Å². The molecule has 0 fully saturated rings. The van der Waals surface area contributed by atoms with E-state index in [1.807, 2.05) is 0 Å². The monoisotopic (exact) mass is 164 g/mol. The van der Waals surface area contributed by atoms with Gasteiger partial charge in [0.25, 0.3) is 0 Å². The third-order valence-corrected chi connectivity index (χ3v) is 2.07. The first-order valence-electron chi connectivity index (χ1n) is 4.77. The van der Waals surface area contributed by atoms with E-state index in [0.717, 1.165) is 12.1 Å². The summed E-state index contributed by atoms with van der Waals surface area (Å²) in [6.07, 6.45) is 10.3. The minimum Gasteiger partial charge on any atom is -0.373 e. The second-order valence-electron chi connectivity index (χ2n) is 3.31. The number of hydrogen-bond acceptors (Lipinski definition) is 1. The first-order valence-corrected chi connectivity index (χ1v) is 4.77. The standard InChI is InChI=1S/C11H18N/c1-3-4-5-8-12-9-6-7-11(2)10-12/h6-7,10H,2-5,8-9H2,1H3. The maximum Gasteiger partial charge on any atom is 0.0357 e. The van der Waals surface area contributed by atoms with Crippen molar-refractivity contribution in [3.63, 3.8) is 0 Å². The van der Waals surface area contributed by atoms with Crippen molar-refractivity contribution in [3.8, 4) is 0 Å². The molecule has 0 unspecified atom stereocenters. The fraction of sp³-hybridized carbons (Fsp3) is 0.545. The summed E-state index contributed by atoms with van der Waals surface area (Å²) >= 11 is 0. The van der Waals surface area contributed by atoms with Crippen molar-refractivity contribution in [2.75, 3.05) is 13.1 Å². The number of allylic oxidation sites excluding steroid dienone is 2. The Labute approximate surface area is 75.8 Å². The summed E-state index contributed by atoms with van der Waals surface area (Å²) < 4.78 is 0. The van der Waals surface area contributed by atoms with Gasteiger partial charge in [-0.3, -0.25) is 0 Å². The fourth-order valence-corrected chi connectivity index (χ4v) is 1.39. The number of rotatable bonds is 4. The van der Waals surface area contributed by atoms with Gasteiger partial charge in [0.15, 0.2) is 0 Å². The highest BCUT2D eigenvalue weighted by molar-refractivity contribution is 5.24. The summed E-state index contributed by atoms with van der Waals surface area (Å²) in [6, 6.07) is 0. The molecule has 0 bridgehead atoms. The summed E-state index contributed by atoms with van der Waals surface area (Å²) in [7, 11) is 0. The number of hydrogen-bond donors (Lipinski definition) is 0. The molecule has 0 N–H and O–H groups in total. The van der Waals surface area contributed by atoms with E-state index in [0.29, 0.717) is 0 Å². The van der Waals surface area contributed by atoms with E-state index in [1.54, 1.807) is 0 Å². The Hall–Kier alpha value is -0.720. The first kappa shape index (κ1) is 9.37. The number of unbranched alkanes of at least 4 members (excludes halogenated alkanes) is 2. The lowest BCUT2D eigenvalue weighted by molar-refractivity contribution is 0.394. The zero-order valence-electron chi connectivity index (χ0n) is 7.92. The van der Waals surface area contributed by atoms with Gasteiger partial charge in [-0.15, -0.1) is 0 Å². The maximum atomic E-state index is 3.91. The molecule has 0 aromatic heterocycles. The van der Waals surface area contributed by atoms with Crippen LogP contribution >= 0.6 is 0 Å². The Morgan fingerprint density at radius 3 is 3.00 bits per heavy atom. The predicted molar refractivity (Wildman–Crippen MR) is 53.7 cm³/mol. The van der Waals surface area contributed by atoms with Crippen molar-refractivity contribution in [3.05, 3.63) is 30.8 Å². The lowest BCUT2D eigenvalue weighted by atomic mass is 10.2. The normalized spacial score (nSPS) is 16.5. The molecule has 0 aromatic rings. The van der Waals surface area contributed by atoms with Gasteiger partial charge in [0.2, 0.25) is 0 Å². The molecule has 0 atom stereocenters. The van der Waals surface area contributed by atoms with Gasteiger partial charge < -0.3 is 4.90 Å². The van der Waals surface area contributed by atoms with Crippen LogP contribution in [0.1, 0.15) is 26.2 Å². The van der Waals surface area contributed by atoms with Crippen LogP contribution in [0.2, 0.25) is 0 Å². The predicted octanol–water partition coefficient (Wildman–Crippen LogP) is 2.77. The quantitative estimate of drug-likeness (QED) is 0.577. The van der Waals surface area contributed by atoms with Crippen LogP contribution in [0, 0.1) is 6.92 Å². The highest BCUT2D eigenvalue weighted by Gasteiger charge is 2.00. The van der Waals surface area contributed by atoms with Crippen LogP contribution in [0.25, 0.3) is 0 Å². The second kappa shape index (κ2) is 5.02. The molecule has 0 aliphatic carbocycles. The molecule has 0 aromatic carbocycles. The van der Waals surface area contributed by atoms with Crippen molar-refractivity contribution in [1.82, 2.24) is 4.90 Å². The lowest BCUT2D eigenvalue weighted by Crippen LogP contribution is -2.21. The maximum absolute atomic E-state index is 3.91. The van der Waals surface area contributed by atoms with Gasteiger partial charge >= 0.3 is 0 Å². The molecule has 0 amide bonds. The Morgan fingerprint density at radius 1 is 1.50 bits per heavy atom. The van der Waals surface area contributed by atoms with Crippen molar-refractivity contribution in [2.24, 2.45) is 0 Å². The van der Waals surface area contributed by atoms with Gasteiger partial charge in [-0.25, -0.2) is 0 Å². The fourth-order valence-electron chi connectivity index (χ4n) is 1.39. The van der Waals surface area contributed by atoms with Crippen LogP contribution in [-0.4, -0.2) is 18.0 Å². The number of nitrogens with zero attached hydrogens (tertiary/aromatic N) is 1. The molecular weight excluding hydrogens is 146 g/mol. The van der Waals surface area contributed by atoms with Crippen LogP contribution in [0.3, 0.4) is 0 Å². The molecule has 1 aliphatic heterocycles. The van der Waals surface area contributed by atoms with Gasteiger partial charge in [-0.1, -0.05) is 31.9 Å². The van der Waals surface area contributed by atoms with Crippen LogP contribution in [-0.2, 0) is 0 Å². The Bertz CT molecular complexity index is 179. The third-order valence-electron chi connectivity index (χ3n) is 2.07. The van der Waals surface area contributed by atoms with E-state index in [2.05, 4.69) is 37.1 Å². The molecule has 1 radical (unpaired) electrons. The van der Waals surface area contributed by atoms with Crippen LogP contribution < -0.4 is 0 Å². The molecule has 1 heteroatoms. The summed E-state index contributed by atoms with van der Waals surface area (Å²) in [5.74, 6) is 0. The molecule has 67 valence electrons. The Balaban J connectivity index is 2.21. The largest absolute Gasteiger partial charge is 0.373 e. The summed E-state index contributed by atoms with van der Waals surface area (Å²) in [5.41, 5.74) is 1.12. The van der Waals surface area contributed by atoms with Gasteiger partial charge in [0.05, 0.1) is 0 Å². The van der Waals surface area contributed by atoms with Crippen LogP contribution in [0.15, 0.2) is 23.9 Å². The molecule has 1 heterocycles. The van der Waals surface area contributed by atoms with E-state index < -0.39 is 0 Å². The summed E-state index contributed by atoms with van der Waals surface area (Å²) in [4.78, 5) is 2.33. The van der Waals surface area contributed by atoms with Crippen LogP contribution in [0.4, 0.5) is 0 Å². The van der Waals surface area contributed by atoms with E-state index in [1.165, 1.54) is 25.8 Å². The van der Waals surface area contributed by atoms with Gasteiger partial charge in [-0.05, 0) is 18.9 Å². The average Bonchev–Trinajstić information content (AvgIpc) is 2.05. The highest BCUT2D eigenvalue weighted by Crippen LogP contribution is 2.07. The summed E-state index contributed by atoms with van der Waals surface area (Å²) in [6.45, 7) is 8.38. The van der Waals surface area contributed by atoms with Crippen LogP contribution in [0.5, 0.6) is 0 Å². The topological polar surface area (TPSA) is 3.24 Å². The van der Waals surface area contributed by atoms with Gasteiger partial charge in [-0.2, -0.15) is 0 Å². The SMILES string of the molecule is [CH2]C1=CN(CCCCC)CC=C1. The molecule has 0 spiro atoms. The first-order chi connectivity index (χ1) is 5.83. The van der Waals surface area contributed by atoms with Gasteiger partial charge in [0, 0.05) is 19.3 Å². The van der Waals surface area contributed by atoms with Crippen molar-refractivity contribution in [1.29, 1.82) is 0 Å². The average molecular weight is 164 g/mol. The van der Waals surface area contributed by atoms with E-state index in [4.69, 9.17) is 0 Å². The zero-order valence-corrected chi connectivity index (χ0v) is 7.92. The minimum atomic E-state index is 1.06. The van der Waals surface area contributed by atoms with E-state index in [-0.39, 0.29) is 0 Å². The smallest absolute Gasteiger partial charge is 0.0357 e. The molecular formula is C11H18N. The highest BCUT2D eigenvalue weighted by atomic mass is 15.1. The third kappa shape index (κ3) is 3.12. The van der Waals surface area contributed by atoms with E-state index >= 15 is 0 Å². The summed E-state index contributed by atoms with van der Waals surface area (Å²) in [5, 5.41) is 0. The Morgan fingerprint density at radius 2 is 2.33 bits per heavy atom. The molecule has 1 aliphatic rings. The van der Waals surface area contributed by atoms with Crippen molar-refractivity contribution in [2.45, 2.75) is 26.2 Å². The zero-order chi connectivity index (χ0) is 8.81. The lowest BCUT2D eigenvalue weighted by Gasteiger charge is -2.21. The van der Waals surface area contributed by atoms with Gasteiger partial charge in [0.1, 0.15) is 0 Å². The molecule has 12 heavy (non-hydrogen) atoms. The molecule has 0 saturated heterocycles.